The van der Waals surface area contributed by atoms with E-state index >= 15 is 0 Å². The van der Waals surface area contributed by atoms with Crippen molar-refractivity contribution in [3.8, 4) is 11.5 Å². The van der Waals surface area contributed by atoms with Crippen molar-refractivity contribution in [3.63, 3.8) is 0 Å². The van der Waals surface area contributed by atoms with Crippen LogP contribution >= 0.6 is 11.6 Å². The van der Waals surface area contributed by atoms with Crippen LogP contribution in [0.1, 0.15) is 11.1 Å². The Kier molecular flexibility index (Phi) is 3.35. The van der Waals surface area contributed by atoms with E-state index < -0.39 is 0 Å². The Morgan fingerprint density at radius 3 is 1.82 bits per heavy atom. The van der Waals surface area contributed by atoms with E-state index in [0.29, 0.717) is 5.03 Å². The number of hydrogen-bond donors (Lipinski definition) is 2. The van der Waals surface area contributed by atoms with Crippen LogP contribution in [0.4, 0.5) is 0 Å². The molecule has 0 radical (unpaired) electrons. The van der Waals surface area contributed by atoms with Crippen LogP contribution in [0.3, 0.4) is 0 Å². The van der Waals surface area contributed by atoms with E-state index in [1.807, 2.05) is 0 Å². The molecule has 0 unspecified atom stereocenters. The fourth-order valence-electron chi connectivity index (χ4n) is 1.42. The number of phenolic OH excluding ortho intramolecular Hbond substituents is 2. The maximum absolute atomic E-state index is 9.17. The standard InChI is InChI=1S/C14H11ClO2/c15-14(11-3-7-13(17)8-4-11)9-10-1-5-12(16)6-2-10/h1-9,16-17H. The first-order valence-electron chi connectivity index (χ1n) is 5.11. The number of hydrogen-bond acceptors (Lipinski definition) is 2. The first-order chi connectivity index (χ1) is 8.15. The molecule has 2 rings (SSSR count). The molecular formula is C14H11ClO2. The molecule has 0 aliphatic carbocycles. The van der Waals surface area contributed by atoms with Gasteiger partial charge in [-0.25, -0.2) is 0 Å². The second-order valence-corrected chi connectivity index (χ2v) is 4.04. The number of benzene rings is 2. The lowest BCUT2D eigenvalue weighted by molar-refractivity contribution is 0.474. The van der Waals surface area contributed by atoms with Gasteiger partial charge in [0.1, 0.15) is 11.5 Å². The summed E-state index contributed by atoms with van der Waals surface area (Å²) in [5.41, 5.74) is 1.73. The van der Waals surface area contributed by atoms with Crippen molar-refractivity contribution < 1.29 is 10.2 Å². The van der Waals surface area contributed by atoms with Gasteiger partial charge in [0.2, 0.25) is 0 Å². The lowest BCUT2D eigenvalue weighted by Gasteiger charge is -2.00. The average molecular weight is 247 g/mol. The predicted molar refractivity (Wildman–Crippen MR) is 69.9 cm³/mol. The summed E-state index contributed by atoms with van der Waals surface area (Å²) in [6, 6.07) is 13.4. The van der Waals surface area contributed by atoms with Crippen molar-refractivity contribution in [3.05, 3.63) is 59.7 Å². The van der Waals surface area contributed by atoms with Crippen LogP contribution < -0.4 is 0 Å². The predicted octanol–water partition coefficient (Wildman–Crippen LogP) is 3.83. The molecule has 0 heterocycles. The summed E-state index contributed by atoms with van der Waals surface area (Å²) in [5.74, 6) is 0.436. The molecule has 0 amide bonds. The van der Waals surface area contributed by atoms with Gasteiger partial charge in [-0.1, -0.05) is 23.7 Å². The van der Waals surface area contributed by atoms with Gasteiger partial charge in [0.25, 0.3) is 0 Å². The van der Waals surface area contributed by atoms with E-state index in [1.54, 1.807) is 54.6 Å². The molecule has 3 heteroatoms. The highest BCUT2D eigenvalue weighted by Gasteiger charge is 1.99. The molecule has 2 aromatic carbocycles. The maximum atomic E-state index is 9.17. The zero-order valence-electron chi connectivity index (χ0n) is 8.97. The van der Waals surface area contributed by atoms with Crippen LogP contribution in [0.25, 0.3) is 11.1 Å². The Hall–Kier alpha value is -1.93. The zero-order chi connectivity index (χ0) is 12.3. The van der Waals surface area contributed by atoms with E-state index in [-0.39, 0.29) is 11.5 Å². The second-order valence-electron chi connectivity index (χ2n) is 3.63. The lowest BCUT2D eigenvalue weighted by Crippen LogP contribution is -1.77. The highest BCUT2D eigenvalue weighted by molar-refractivity contribution is 6.51. The third-order valence-electron chi connectivity index (χ3n) is 2.33. The maximum Gasteiger partial charge on any atom is 0.115 e. The normalized spacial score (nSPS) is 11.5. The molecule has 0 saturated carbocycles. The van der Waals surface area contributed by atoms with Crippen LogP contribution in [0.5, 0.6) is 11.5 Å². The number of halogens is 1. The van der Waals surface area contributed by atoms with Crippen LogP contribution in [-0.4, -0.2) is 10.2 Å². The minimum absolute atomic E-state index is 0.211. The lowest BCUT2D eigenvalue weighted by atomic mass is 10.1. The van der Waals surface area contributed by atoms with Crippen molar-refractivity contribution in [2.45, 2.75) is 0 Å². The van der Waals surface area contributed by atoms with E-state index in [2.05, 4.69) is 0 Å². The third-order valence-corrected chi connectivity index (χ3v) is 2.66. The van der Waals surface area contributed by atoms with E-state index in [0.717, 1.165) is 11.1 Å². The Balaban J connectivity index is 2.27. The van der Waals surface area contributed by atoms with E-state index in [1.165, 1.54) is 0 Å². The van der Waals surface area contributed by atoms with Gasteiger partial charge >= 0.3 is 0 Å². The van der Waals surface area contributed by atoms with Crippen LogP contribution in [-0.2, 0) is 0 Å². The highest BCUT2D eigenvalue weighted by Crippen LogP contribution is 2.24. The van der Waals surface area contributed by atoms with Crippen molar-refractivity contribution in [1.29, 1.82) is 0 Å². The smallest absolute Gasteiger partial charge is 0.115 e. The number of aromatic hydroxyl groups is 2. The molecular weight excluding hydrogens is 236 g/mol. The molecule has 0 saturated heterocycles. The monoisotopic (exact) mass is 246 g/mol. The van der Waals surface area contributed by atoms with Gasteiger partial charge < -0.3 is 10.2 Å². The number of phenols is 2. The minimum Gasteiger partial charge on any atom is -0.508 e. The summed E-state index contributed by atoms with van der Waals surface area (Å²) in [6.45, 7) is 0. The van der Waals surface area contributed by atoms with Gasteiger partial charge in [-0.05, 0) is 53.6 Å². The minimum atomic E-state index is 0.211. The zero-order valence-corrected chi connectivity index (χ0v) is 9.72. The summed E-state index contributed by atoms with van der Waals surface area (Å²) in [7, 11) is 0. The van der Waals surface area contributed by atoms with Gasteiger partial charge in [-0.2, -0.15) is 0 Å². The molecule has 0 aliphatic heterocycles. The molecule has 2 N–H and O–H groups in total. The van der Waals surface area contributed by atoms with Gasteiger partial charge in [0.05, 0.1) is 0 Å². The quantitative estimate of drug-likeness (QED) is 0.791. The number of rotatable bonds is 2. The summed E-state index contributed by atoms with van der Waals surface area (Å²) in [5, 5.41) is 18.9. The fraction of sp³-hybridized carbons (Fsp3) is 0. The van der Waals surface area contributed by atoms with Gasteiger partial charge in [0, 0.05) is 5.03 Å². The second kappa shape index (κ2) is 4.93. The molecule has 0 spiro atoms. The summed E-state index contributed by atoms with van der Waals surface area (Å²) in [6.07, 6.45) is 1.80. The van der Waals surface area contributed by atoms with E-state index in [9.17, 15) is 0 Å². The molecule has 2 nitrogen and oxygen atoms in total. The summed E-state index contributed by atoms with van der Waals surface area (Å²) in [4.78, 5) is 0. The van der Waals surface area contributed by atoms with Crippen molar-refractivity contribution in [1.82, 2.24) is 0 Å². The van der Waals surface area contributed by atoms with Gasteiger partial charge in [0.15, 0.2) is 0 Å². The summed E-state index contributed by atoms with van der Waals surface area (Å²) >= 11 is 6.15. The summed E-state index contributed by atoms with van der Waals surface area (Å²) < 4.78 is 0. The van der Waals surface area contributed by atoms with Crippen LogP contribution in [0.2, 0.25) is 0 Å². The largest absolute Gasteiger partial charge is 0.508 e. The topological polar surface area (TPSA) is 40.5 Å². The van der Waals surface area contributed by atoms with Gasteiger partial charge in [-0.3, -0.25) is 0 Å². The fourth-order valence-corrected chi connectivity index (χ4v) is 1.67. The molecule has 0 bridgehead atoms. The molecule has 86 valence electrons. The molecule has 0 fully saturated rings. The van der Waals surface area contributed by atoms with Crippen molar-refractivity contribution in [2.75, 3.05) is 0 Å². The van der Waals surface area contributed by atoms with Crippen LogP contribution in [0, 0.1) is 0 Å². The van der Waals surface area contributed by atoms with Crippen molar-refractivity contribution >= 4 is 22.7 Å². The third kappa shape index (κ3) is 3.02. The molecule has 2 aromatic rings. The van der Waals surface area contributed by atoms with Gasteiger partial charge in [-0.15, -0.1) is 0 Å². The Bertz CT molecular complexity index is 527. The van der Waals surface area contributed by atoms with Crippen molar-refractivity contribution in [2.24, 2.45) is 0 Å². The Morgan fingerprint density at radius 2 is 1.29 bits per heavy atom. The molecule has 17 heavy (non-hydrogen) atoms. The first-order valence-corrected chi connectivity index (χ1v) is 5.48. The van der Waals surface area contributed by atoms with Crippen LogP contribution in [0.15, 0.2) is 48.5 Å². The Labute approximate surface area is 104 Å². The highest BCUT2D eigenvalue weighted by atomic mass is 35.5. The average Bonchev–Trinajstić information content (AvgIpc) is 2.33. The Morgan fingerprint density at radius 1 is 0.824 bits per heavy atom. The van der Waals surface area contributed by atoms with E-state index in [4.69, 9.17) is 21.8 Å². The SMILES string of the molecule is Oc1ccc(C=C(Cl)c2ccc(O)cc2)cc1. The molecule has 0 atom stereocenters. The molecule has 0 aromatic heterocycles. The first kappa shape index (κ1) is 11.6. The molecule has 0 aliphatic rings.